The van der Waals surface area contributed by atoms with Gasteiger partial charge in [-0.1, -0.05) is 0 Å². The first-order chi connectivity index (χ1) is 12.2. The van der Waals surface area contributed by atoms with Crippen molar-refractivity contribution in [2.75, 3.05) is 18.0 Å². The Balaban J connectivity index is 1.38. The molecular formula is C17H18FN7. The lowest BCUT2D eigenvalue weighted by Gasteiger charge is -2.57. The second-order valence-electron chi connectivity index (χ2n) is 6.80. The van der Waals surface area contributed by atoms with Crippen LogP contribution in [0.2, 0.25) is 0 Å². The van der Waals surface area contributed by atoms with Gasteiger partial charge in [-0.2, -0.15) is 14.6 Å². The van der Waals surface area contributed by atoms with Crippen LogP contribution in [-0.4, -0.2) is 54.6 Å². The van der Waals surface area contributed by atoms with E-state index in [2.05, 4.69) is 35.9 Å². The fourth-order valence-electron chi connectivity index (χ4n) is 4.04. The largest absolute Gasteiger partial charge is 0.348 e. The molecule has 0 radical (unpaired) electrons. The lowest BCUT2D eigenvalue weighted by atomic mass is 9.87. The molecule has 8 heteroatoms. The maximum atomic E-state index is 13.9. The number of aryl methyl sites for hydroxylation is 1. The van der Waals surface area contributed by atoms with Crippen molar-refractivity contribution in [3.8, 4) is 0 Å². The molecule has 0 spiro atoms. The second kappa shape index (κ2) is 5.45. The Bertz CT molecular complexity index is 928. The van der Waals surface area contributed by atoms with Crippen LogP contribution in [-0.2, 0) is 6.54 Å². The number of aromatic nitrogens is 5. The molecule has 2 unspecified atom stereocenters. The average molecular weight is 339 g/mol. The summed E-state index contributed by atoms with van der Waals surface area (Å²) in [6.45, 7) is 4.32. The summed E-state index contributed by atoms with van der Waals surface area (Å²) >= 11 is 0. The van der Waals surface area contributed by atoms with Crippen LogP contribution in [0.1, 0.15) is 17.8 Å². The normalized spacial score (nSPS) is 23.0. The van der Waals surface area contributed by atoms with Crippen molar-refractivity contribution in [3.05, 3.63) is 47.9 Å². The van der Waals surface area contributed by atoms with Gasteiger partial charge in [-0.15, -0.1) is 0 Å². The second-order valence-corrected chi connectivity index (χ2v) is 6.80. The van der Waals surface area contributed by atoms with Crippen LogP contribution >= 0.6 is 0 Å². The molecule has 25 heavy (non-hydrogen) atoms. The number of piperazine rings is 1. The van der Waals surface area contributed by atoms with E-state index in [4.69, 9.17) is 0 Å². The molecule has 6 rings (SSSR count). The molecule has 2 atom stereocenters. The molecule has 0 amide bonds. The number of rotatable bonds is 3. The Kier molecular flexibility index (Phi) is 3.21. The summed E-state index contributed by atoms with van der Waals surface area (Å²) in [4.78, 5) is 17.5. The molecule has 7 nitrogen and oxygen atoms in total. The third kappa shape index (κ3) is 2.36. The number of nitrogens with zero attached hydrogens (tertiary/aromatic N) is 7. The highest BCUT2D eigenvalue weighted by atomic mass is 19.1. The molecule has 3 saturated heterocycles. The van der Waals surface area contributed by atoms with E-state index in [9.17, 15) is 4.39 Å². The van der Waals surface area contributed by atoms with E-state index in [-0.39, 0.29) is 5.82 Å². The highest BCUT2D eigenvalue weighted by Gasteiger charge is 2.45. The van der Waals surface area contributed by atoms with Gasteiger partial charge in [-0.3, -0.25) is 9.88 Å². The van der Waals surface area contributed by atoms with E-state index in [1.54, 1.807) is 16.8 Å². The van der Waals surface area contributed by atoms with Crippen molar-refractivity contribution in [1.82, 2.24) is 29.5 Å². The fraction of sp³-hybridized carbons (Fsp3) is 0.412. The maximum absolute atomic E-state index is 13.9. The number of hydrogen-bond donors (Lipinski definition) is 0. The van der Waals surface area contributed by atoms with Crippen LogP contribution in [0.25, 0.3) is 5.78 Å². The van der Waals surface area contributed by atoms with Gasteiger partial charge in [0.1, 0.15) is 18.0 Å². The first-order valence-corrected chi connectivity index (χ1v) is 8.46. The van der Waals surface area contributed by atoms with E-state index in [0.29, 0.717) is 30.1 Å². The van der Waals surface area contributed by atoms with Gasteiger partial charge in [0, 0.05) is 49.7 Å². The summed E-state index contributed by atoms with van der Waals surface area (Å²) in [6, 6.07) is 5.97. The van der Waals surface area contributed by atoms with Crippen LogP contribution in [0.15, 0.2) is 30.7 Å². The minimum Gasteiger partial charge on any atom is -0.348 e. The van der Waals surface area contributed by atoms with Crippen LogP contribution in [0.4, 0.5) is 10.2 Å². The SMILES string of the molecule is Cc1cc(N2C3CC2CN(Cc2ncccc2F)C3)n2ncnc2n1. The molecule has 0 N–H and O–H groups in total. The third-order valence-corrected chi connectivity index (χ3v) is 5.10. The van der Waals surface area contributed by atoms with Gasteiger partial charge in [-0.05, 0) is 25.5 Å². The Morgan fingerprint density at radius 2 is 2.08 bits per heavy atom. The standard InChI is InChI=1S/C17H18FN7/c1-11-5-16(25-17(22-11)20-10-21-25)24-12-6-13(24)8-23(7-12)9-15-14(18)3-2-4-19-15/h2-5,10,12-13H,6-9H2,1H3. The molecule has 3 aromatic heterocycles. The molecule has 0 aromatic carbocycles. The van der Waals surface area contributed by atoms with Crippen LogP contribution in [0, 0.1) is 12.7 Å². The van der Waals surface area contributed by atoms with Crippen molar-refractivity contribution >= 4 is 11.6 Å². The highest BCUT2D eigenvalue weighted by Crippen LogP contribution is 2.37. The average Bonchev–Trinajstić information content (AvgIpc) is 3.05. The van der Waals surface area contributed by atoms with Gasteiger partial charge in [0.2, 0.25) is 0 Å². The zero-order valence-corrected chi connectivity index (χ0v) is 13.9. The molecule has 2 bridgehead atoms. The summed E-state index contributed by atoms with van der Waals surface area (Å²) in [7, 11) is 0. The number of fused-ring (bicyclic) bond motifs is 3. The minimum atomic E-state index is -0.229. The summed E-state index contributed by atoms with van der Waals surface area (Å²) in [5.41, 5.74) is 1.46. The van der Waals surface area contributed by atoms with E-state index >= 15 is 0 Å². The predicted molar refractivity (Wildman–Crippen MR) is 89.7 cm³/mol. The van der Waals surface area contributed by atoms with Gasteiger partial charge in [-0.25, -0.2) is 9.37 Å². The van der Waals surface area contributed by atoms with Crippen molar-refractivity contribution in [2.24, 2.45) is 0 Å². The fourth-order valence-corrected chi connectivity index (χ4v) is 4.04. The van der Waals surface area contributed by atoms with E-state index in [1.165, 1.54) is 12.4 Å². The molecule has 128 valence electrons. The molecule has 6 heterocycles. The quantitative estimate of drug-likeness (QED) is 0.719. The first-order valence-electron chi connectivity index (χ1n) is 8.46. The Labute approximate surface area is 144 Å². The van der Waals surface area contributed by atoms with Crippen molar-refractivity contribution < 1.29 is 4.39 Å². The van der Waals surface area contributed by atoms with E-state index in [0.717, 1.165) is 31.0 Å². The van der Waals surface area contributed by atoms with Crippen molar-refractivity contribution in [3.63, 3.8) is 0 Å². The summed E-state index contributed by atoms with van der Waals surface area (Å²) < 4.78 is 15.7. The van der Waals surface area contributed by atoms with Gasteiger partial charge in [0.25, 0.3) is 5.78 Å². The lowest BCUT2D eigenvalue weighted by molar-refractivity contribution is 0.105. The molecule has 0 saturated carbocycles. The minimum absolute atomic E-state index is 0.229. The molecule has 0 aliphatic carbocycles. The lowest BCUT2D eigenvalue weighted by Crippen LogP contribution is -2.69. The molecule has 3 aliphatic rings. The van der Waals surface area contributed by atoms with Crippen LogP contribution in [0.3, 0.4) is 0 Å². The predicted octanol–water partition coefficient (Wildman–Crippen LogP) is 1.43. The van der Waals surface area contributed by atoms with Crippen LogP contribution < -0.4 is 4.90 Å². The summed E-state index contributed by atoms with van der Waals surface area (Å²) in [5.74, 6) is 1.45. The Morgan fingerprint density at radius 1 is 1.24 bits per heavy atom. The van der Waals surface area contributed by atoms with Gasteiger partial charge in [0.15, 0.2) is 0 Å². The summed E-state index contributed by atoms with van der Waals surface area (Å²) in [5, 5.41) is 4.32. The van der Waals surface area contributed by atoms with Crippen LogP contribution in [0.5, 0.6) is 0 Å². The topological polar surface area (TPSA) is 62.5 Å². The van der Waals surface area contributed by atoms with Crippen molar-refractivity contribution in [1.29, 1.82) is 0 Å². The number of halogens is 1. The number of pyridine rings is 1. The molecule has 3 fully saturated rings. The smallest absolute Gasteiger partial charge is 0.254 e. The monoisotopic (exact) mass is 339 g/mol. The molecule has 3 aliphatic heterocycles. The third-order valence-electron chi connectivity index (χ3n) is 5.10. The first kappa shape index (κ1) is 14.7. The molecular weight excluding hydrogens is 321 g/mol. The zero-order chi connectivity index (χ0) is 17.0. The van der Waals surface area contributed by atoms with E-state index < -0.39 is 0 Å². The van der Waals surface area contributed by atoms with Crippen molar-refractivity contribution in [2.45, 2.75) is 32.0 Å². The van der Waals surface area contributed by atoms with Gasteiger partial charge >= 0.3 is 0 Å². The highest BCUT2D eigenvalue weighted by molar-refractivity contribution is 5.52. The summed E-state index contributed by atoms with van der Waals surface area (Å²) in [6.07, 6.45) is 4.34. The Morgan fingerprint density at radius 3 is 2.88 bits per heavy atom. The molecule has 3 aromatic rings. The Hall–Kier alpha value is -2.61. The number of hydrogen-bond acceptors (Lipinski definition) is 6. The van der Waals surface area contributed by atoms with Gasteiger partial charge < -0.3 is 4.90 Å². The number of anilines is 1. The zero-order valence-electron chi connectivity index (χ0n) is 13.9. The van der Waals surface area contributed by atoms with Gasteiger partial charge in [0.05, 0.1) is 5.69 Å². The number of piperidine rings is 1. The van der Waals surface area contributed by atoms with E-state index in [1.807, 2.05) is 6.92 Å². The maximum Gasteiger partial charge on any atom is 0.254 e.